The molecule has 0 spiro atoms. The quantitative estimate of drug-likeness (QED) is 0.403. The molecule has 0 aliphatic rings. The molecule has 0 saturated carbocycles. The number of fused-ring (bicyclic) bond motifs is 1. The smallest absolute Gasteiger partial charge is 0.433 e. The molecule has 4 aromatic rings. The molecule has 0 amide bonds. The van der Waals surface area contributed by atoms with Crippen molar-refractivity contribution in [3.63, 3.8) is 0 Å². The van der Waals surface area contributed by atoms with Crippen molar-refractivity contribution in [2.24, 2.45) is 0 Å². The average molecular weight is 411 g/mol. The Bertz CT molecular complexity index is 1180. The van der Waals surface area contributed by atoms with Crippen molar-refractivity contribution in [3.8, 4) is 28.1 Å². The van der Waals surface area contributed by atoms with E-state index in [1.165, 1.54) is 0 Å². The van der Waals surface area contributed by atoms with Crippen LogP contribution in [0.5, 0.6) is 5.75 Å². The van der Waals surface area contributed by atoms with Crippen LogP contribution in [-0.2, 0) is 6.18 Å². The highest BCUT2D eigenvalue weighted by Crippen LogP contribution is 2.36. The lowest BCUT2D eigenvalue weighted by atomic mass is 10.1. The molecule has 4 rings (SSSR count). The van der Waals surface area contributed by atoms with Gasteiger partial charge in [0.15, 0.2) is 11.3 Å². The van der Waals surface area contributed by atoms with Gasteiger partial charge in [0.1, 0.15) is 5.75 Å². The van der Waals surface area contributed by atoms with Crippen molar-refractivity contribution < 1.29 is 17.9 Å². The van der Waals surface area contributed by atoms with Gasteiger partial charge in [0, 0.05) is 11.1 Å². The molecule has 0 N–H and O–H groups in total. The van der Waals surface area contributed by atoms with E-state index in [9.17, 15) is 13.2 Å². The fourth-order valence-corrected chi connectivity index (χ4v) is 3.39. The van der Waals surface area contributed by atoms with Crippen molar-refractivity contribution in [3.05, 3.63) is 72.1 Å². The Hall–Kier alpha value is -3.35. The number of benzene rings is 2. The second-order valence-electron chi connectivity index (χ2n) is 7.28. The van der Waals surface area contributed by atoms with Gasteiger partial charge >= 0.3 is 6.18 Å². The molecule has 2 aromatic heterocycles. The van der Waals surface area contributed by atoms with E-state index in [0.29, 0.717) is 22.6 Å². The Morgan fingerprint density at radius 2 is 1.60 bits per heavy atom. The molecule has 0 radical (unpaired) electrons. The van der Waals surface area contributed by atoms with Gasteiger partial charge in [-0.1, -0.05) is 30.3 Å². The maximum Gasteiger partial charge on any atom is 0.433 e. The predicted octanol–water partition coefficient (Wildman–Crippen LogP) is 6.18. The predicted molar refractivity (Wildman–Crippen MR) is 109 cm³/mol. The molecule has 2 aromatic carbocycles. The molecule has 0 aliphatic heterocycles. The van der Waals surface area contributed by atoms with Gasteiger partial charge in [0.05, 0.1) is 17.5 Å². The lowest BCUT2D eigenvalue weighted by Crippen LogP contribution is -2.13. The number of hydrogen-bond donors (Lipinski definition) is 0. The second-order valence-corrected chi connectivity index (χ2v) is 7.28. The molecular weight excluding hydrogens is 391 g/mol. The van der Waals surface area contributed by atoms with Gasteiger partial charge in [-0.2, -0.15) is 18.3 Å². The third-order valence-corrected chi connectivity index (χ3v) is 4.64. The van der Waals surface area contributed by atoms with E-state index in [-0.39, 0.29) is 17.4 Å². The van der Waals surface area contributed by atoms with Crippen molar-refractivity contribution in [2.75, 3.05) is 0 Å². The average Bonchev–Trinajstić information content (AvgIpc) is 3.02. The van der Waals surface area contributed by atoms with Crippen LogP contribution in [0, 0.1) is 6.92 Å². The number of nitrogens with zero attached hydrogens (tertiary/aromatic N) is 3. The highest BCUT2D eigenvalue weighted by atomic mass is 19.4. The van der Waals surface area contributed by atoms with Crippen LogP contribution in [0.2, 0.25) is 0 Å². The van der Waals surface area contributed by atoms with Gasteiger partial charge in [-0.15, -0.1) is 0 Å². The number of halogens is 3. The Morgan fingerprint density at radius 3 is 2.20 bits per heavy atom. The first-order chi connectivity index (χ1) is 14.2. The van der Waals surface area contributed by atoms with Crippen molar-refractivity contribution in [2.45, 2.75) is 33.1 Å². The molecule has 4 nitrogen and oxygen atoms in total. The van der Waals surface area contributed by atoms with E-state index >= 15 is 0 Å². The van der Waals surface area contributed by atoms with E-state index in [1.807, 2.05) is 44.2 Å². The summed E-state index contributed by atoms with van der Waals surface area (Å²) in [6, 6.07) is 17.1. The lowest BCUT2D eigenvalue weighted by molar-refractivity contribution is -0.142. The van der Waals surface area contributed by atoms with Crippen molar-refractivity contribution in [1.29, 1.82) is 0 Å². The third-order valence-electron chi connectivity index (χ3n) is 4.64. The van der Waals surface area contributed by atoms with E-state index in [1.54, 1.807) is 31.2 Å². The second kappa shape index (κ2) is 7.48. The summed E-state index contributed by atoms with van der Waals surface area (Å²) < 4.78 is 48.1. The van der Waals surface area contributed by atoms with Crippen LogP contribution in [0.25, 0.3) is 28.0 Å². The fourth-order valence-electron chi connectivity index (χ4n) is 3.39. The van der Waals surface area contributed by atoms with Crippen LogP contribution >= 0.6 is 0 Å². The van der Waals surface area contributed by atoms with Crippen LogP contribution in [0.15, 0.2) is 60.7 Å². The Balaban J connectivity index is 1.93. The number of aromatic nitrogens is 3. The lowest BCUT2D eigenvalue weighted by Gasteiger charge is -2.13. The van der Waals surface area contributed by atoms with Crippen LogP contribution in [0.4, 0.5) is 13.2 Å². The third kappa shape index (κ3) is 3.75. The molecule has 2 heterocycles. The molecule has 0 bridgehead atoms. The number of alkyl halides is 3. The standard InChI is InChI=1S/C23H20F3N3O/c1-14(2)30-18-11-9-16(10-12-18)19-13-20(23(24,25)26)29-22(27-19)21(15(3)28-29)17-7-5-4-6-8-17/h4-14H,1-3H3. The summed E-state index contributed by atoms with van der Waals surface area (Å²) >= 11 is 0. The zero-order valence-corrected chi connectivity index (χ0v) is 16.7. The van der Waals surface area contributed by atoms with Crippen LogP contribution in [0.1, 0.15) is 25.2 Å². The van der Waals surface area contributed by atoms with Gasteiger partial charge in [-0.3, -0.25) is 0 Å². The molecule has 0 unspecified atom stereocenters. The fraction of sp³-hybridized carbons (Fsp3) is 0.217. The summed E-state index contributed by atoms with van der Waals surface area (Å²) in [6.07, 6.45) is -4.58. The van der Waals surface area contributed by atoms with Crippen molar-refractivity contribution in [1.82, 2.24) is 14.6 Å². The highest BCUT2D eigenvalue weighted by Gasteiger charge is 2.36. The first-order valence-corrected chi connectivity index (χ1v) is 9.54. The molecular formula is C23H20F3N3O. The summed E-state index contributed by atoms with van der Waals surface area (Å²) in [6.45, 7) is 5.51. The summed E-state index contributed by atoms with van der Waals surface area (Å²) in [4.78, 5) is 4.57. The van der Waals surface area contributed by atoms with E-state index in [0.717, 1.165) is 16.1 Å². The number of rotatable bonds is 4. The minimum atomic E-state index is -4.58. The number of aryl methyl sites for hydroxylation is 1. The molecule has 0 aliphatic carbocycles. The number of hydrogen-bond acceptors (Lipinski definition) is 3. The Labute approximate surface area is 172 Å². The zero-order chi connectivity index (χ0) is 21.5. The summed E-state index contributed by atoms with van der Waals surface area (Å²) in [5, 5.41) is 4.15. The minimum absolute atomic E-state index is 0.00496. The van der Waals surface area contributed by atoms with Gasteiger partial charge in [-0.05, 0) is 56.7 Å². The minimum Gasteiger partial charge on any atom is -0.491 e. The van der Waals surface area contributed by atoms with Crippen LogP contribution in [0.3, 0.4) is 0 Å². The van der Waals surface area contributed by atoms with Crippen LogP contribution < -0.4 is 4.74 Å². The summed E-state index contributed by atoms with van der Waals surface area (Å²) in [5.41, 5.74) is 1.93. The van der Waals surface area contributed by atoms with Gasteiger partial charge < -0.3 is 4.74 Å². The first-order valence-electron chi connectivity index (χ1n) is 9.54. The van der Waals surface area contributed by atoms with Crippen molar-refractivity contribution >= 4 is 5.65 Å². The van der Waals surface area contributed by atoms with E-state index < -0.39 is 11.9 Å². The van der Waals surface area contributed by atoms with E-state index in [2.05, 4.69) is 10.1 Å². The highest BCUT2D eigenvalue weighted by molar-refractivity contribution is 5.81. The van der Waals surface area contributed by atoms with Gasteiger partial charge in [0.2, 0.25) is 0 Å². The topological polar surface area (TPSA) is 39.4 Å². The maximum absolute atomic E-state index is 13.9. The zero-order valence-electron chi connectivity index (χ0n) is 16.7. The molecule has 0 saturated heterocycles. The SMILES string of the molecule is Cc1nn2c(C(F)(F)F)cc(-c3ccc(OC(C)C)cc3)nc2c1-c1ccccc1. The molecule has 30 heavy (non-hydrogen) atoms. The monoisotopic (exact) mass is 411 g/mol. The largest absolute Gasteiger partial charge is 0.491 e. The molecule has 7 heteroatoms. The summed E-state index contributed by atoms with van der Waals surface area (Å²) in [5.74, 6) is 0.649. The first kappa shape index (κ1) is 19.9. The number of ether oxygens (including phenoxy) is 1. The van der Waals surface area contributed by atoms with Crippen LogP contribution in [-0.4, -0.2) is 20.7 Å². The van der Waals surface area contributed by atoms with Gasteiger partial charge in [-0.25, -0.2) is 9.50 Å². The molecule has 0 fully saturated rings. The van der Waals surface area contributed by atoms with Gasteiger partial charge in [0.25, 0.3) is 0 Å². The maximum atomic E-state index is 13.9. The summed E-state index contributed by atoms with van der Waals surface area (Å²) in [7, 11) is 0. The Kier molecular flexibility index (Phi) is 4.97. The normalized spacial score (nSPS) is 12.0. The van der Waals surface area contributed by atoms with E-state index in [4.69, 9.17) is 4.74 Å². The molecule has 0 atom stereocenters. The molecule has 154 valence electrons. The Morgan fingerprint density at radius 1 is 0.933 bits per heavy atom.